The van der Waals surface area contributed by atoms with Crippen molar-refractivity contribution in [2.45, 2.75) is 25.7 Å². The zero-order chi connectivity index (χ0) is 21.1. The van der Waals surface area contributed by atoms with Crippen LogP contribution in [-0.2, 0) is 4.79 Å². The van der Waals surface area contributed by atoms with Crippen LogP contribution in [-0.4, -0.2) is 43.2 Å². The molecular formula is C23H26ClN3O3. The van der Waals surface area contributed by atoms with Crippen LogP contribution >= 0.6 is 11.6 Å². The van der Waals surface area contributed by atoms with E-state index in [0.717, 1.165) is 68.3 Å². The molecule has 30 heavy (non-hydrogen) atoms. The number of amides is 1. The van der Waals surface area contributed by atoms with Crippen LogP contribution in [0.2, 0.25) is 5.02 Å². The highest BCUT2D eigenvalue weighted by Crippen LogP contribution is 2.29. The molecule has 0 spiro atoms. The Kier molecular flexibility index (Phi) is 6.13. The van der Waals surface area contributed by atoms with E-state index < -0.39 is 5.97 Å². The molecule has 0 radical (unpaired) electrons. The summed E-state index contributed by atoms with van der Waals surface area (Å²) in [4.78, 5) is 28.7. The number of aromatic carboxylic acids is 1. The average Bonchev–Trinajstić information content (AvgIpc) is 3.29. The maximum absolute atomic E-state index is 12.4. The Morgan fingerprint density at radius 2 is 1.57 bits per heavy atom. The second-order valence-electron chi connectivity index (χ2n) is 7.96. The minimum atomic E-state index is -1.03. The number of halogens is 1. The second kappa shape index (κ2) is 8.96. The van der Waals surface area contributed by atoms with Crippen molar-refractivity contribution in [3.8, 4) is 0 Å². The summed E-state index contributed by atoms with van der Waals surface area (Å²) in [6, 6.07) is 13.1. The highest BCUT2D eigenvalue weighted by Gasteiger charge is 2.25. The van der Waals surface area contributed by atoms with E-state index in [1.165, 1.54) is 0 Å². The topological polar surface area (TPSA) is 72.9 Å². The summed E-state index contributed by atoms with van der Waals surface area (Å²) < 4.78 is 0. The van der Waals surface area contributed by atoms with Crippen molar-refractivity contribution in [2.24, 2.45) is 5.92 Å². The van der Waals surface area contributed by atoms with Gasteiger partial charge in [-0.2, -0.15) is 0 Å². The zero-order valence-electron chi connectivity index (χ0n) is 16.8. The maximum Gasteiger partial charge on any atom is 0.337 e. The predicted octanol–water partition coefficient (Wildman–Crippen LogP) is 4.49. The first-order valence-electron chi connectivity index (χ1n) is 10.4. The fraction of sp³-hybridized carbons (Fsp3) is 0.391. The van der Waals surface area contributed by atoms with Crippen molar-refractivity contribution in [2.75, 3.05) is 41.3 Å². The minimum absolute atomic E-state index is 0.00844. The lowest BCUT2D eigenvalue weighted by atomic mass is 10.1. The highest BCUT2D eigenvalue weighted by atomic mass is 35.5. The van der Waals surface area contributed by atoms with Crippen LogP contribution in [0.3, 0.4) is 0 Å². The molecule has 1 saturated carbocycles. The van der Waals surface area contributed by atoms with Gasteiger partial charge in [0.25, 0.3) is 0 Å². The first-order valence-corrected chi connectivity index (χ1v) is 10.8. The van der Waals surface area contributed by atoms with E-state index in [9.17, 15) is 14.7 Å². The fourth-order valence-corrected chi connectivity index (χ4v) is 4.52. The number of nitrogens with zero attached hydrogens (tertiary/aromatic N) is 2. The number of carbonyl (C=O) groups excluding carboxylic acids is 1. The molecule has 2 aliphatic rings. The van der Waals surface area contributed by atoms with E-state index in [1.54, 1.807) is 12.1 Å². The normalized spacial score (nSPS) is 17.2. The molecule has 0 unspecified atom stereocenters. The summed E-state index contributed by atoms with van der Waals surface area (Å²) in [7, 11) is 0. The Morgan fingerprint density at radius 1 is 0.933 bits per heavy atom. The average molecular weight is 428 g/mol. The number of benzene rings is 2. The summed E-state index contributed by atoms with van der Waals surface area (Å²) in [5.41, 5.74) is 2.46. The van der Waals surface area contributed by atoms with Gasteiger partial charge in [0.05, 0.1) is 11.3 Å². The Labute approximate surface area is 181 Å². The molecule has 6 nitrogen and oxygen atoms in total. The van der Waals surface area contributed by atoms with Crippen LogP contribution in [0.15, 0.2) is 42.5 Å². The van der Waals surface area contributed by atoms with Crippen LogP contribution in [0.4, 0.5) is 17.1 Å². The number of carboxylic acid groups (broad SMARTS) is 1. The standard InChI is InChI=1S/C23H26ClN3O3/c24-17-6-3-7-18(14-17)26-10-12-27(13-11-26)19-8-9-21(20(15-19)23(29)30)25-22(28)16-4-1-2-5-16/h3,6-9,14-16H,1-2,4-5,10-13H2,(H,25,28)(H,29,30). The molecule has 2 fully saturated rings. The van der Waals surface area contributed by atoms with E-state index in [2.05, 4.69) is 15.1 Å². The molecule has 1 aliphatic heterocycles. The molecule has 2 N–H and O–H groups in total. The SMILES string of the molecule is O=C(O)c1cc(N2CCN(c3cccc(Cl)c3)CC2)ccc1NC(=O)C1CCCC1. The number of nitrogens with one attached hydrogen (secondary N) is 1. The van der Waals surface area contributed by atoms with E-state index in [-0.39, 0.29) is 17.4 Å². The van der Waals surface area contributed by atoms with Gasteiger partial charge in [0, 0.05) is 48.5 Å². The van der Waals surface area contributed by atoms with Gasteiger partial charge in [-0.05, 0) is 49.2 Å². The van der Waals surface area contributed by atoms with Crippen molar-refractivity contribution in [3.63, 3.8) is 0 Å². The molecule has 1 amide bonds. The molecule has 7 heteroatoms. The summed E-state index contributed by atoms with van der Waals surface area (Å²) in [6.45, 7) is 3.20. The number of piperazine rings is 1. The van der Waals surface area contributed by atoms with Gasteiger partial charge in [-0.3, -0.25) is 4.79 Å². The predicted molar refractivity (Wildman–Crippen MR) is 120 cm³/mol. The number of hydrogen-bond acceptors (Lipinski definition) is 4. The molecule has 0 atom stereocenters. The molecule has 1 saturated heterocycles. The van der Waals surface area contributed by atoms with Crippen molar-refractivity contribution in [3.05, 3.63) is 53.1 Å². The van der Waals surface area contributed by atoms with E-state index >= 15 is 0 Å². The Balaban J connectivity index is 1.45. The maximum atomic E-state index is 12.4. The van der Waals surface area contributed by atoms with Gasteiger partial charge < -0.3 is 20.2 Å². The van der Waals surface area contributed by atoms with Crippen molar-refractivity contribution >= 4 is 40.5 Å². The smallest absolute Gasteiger partial charge is 0.337 e. The van der Waals surface area contributed by atoms with Crippen molar-refractivity contribution in [1.29, 1.82) is 0 Å². The zero-order valence-corrected chi connectivity index (χ0v) is 17.6. The summed E-state index contributed by atoms with van der Waals surface area (Å²) in [5, 5.41) is 13.3. The van der Waals surface area contributed by atoms with Gasteiger partial charge in [-0.25, -0.2) is 4.79 Å². The molecular weight excluding hydrogens is 402 g/mol. The van der Waals surface area contributed by atoms with E-state index in [4.69, 9.17) is 11.6 Å². The van der Waals surface area contributed by atoms with Crippen LogP contribution in [0, 0.1) is 5.92 Å². The van der Waals surface area contributed by atoms with E-state index in [0.29, 0.717) is 5.69 Å². The molecule has 2 aromatic rings. The number of anilines is 3. The van der Waals surface area contributed by atoms with Gasteiger partial charge in [0.1, 0.15) is 0 Å². The third kappa shape index (κ3) is 4.54. The Morgan fingerprint density at radius 3 is 2.17 bits per heavy atom. The number of carboxylic acids is 1. The minimum Gasteiger partial charge on any atom is -0.478 e. The van der Waals surface area contributed by atoms with Gasteiger partial charge in [-0.15, -0.1) is 0 Å². The third-order valence-corrected chi connectivity index (χ3v) is 6.27. The lowest BCUT2D eigenvalue weighted by Gasteiger charge is -2.37. The monoisotopic (exact) mass is 427 g/mol. The molecule has 158 valence electrons. The van der Waals surface area contributed by atoms with Crippen LogP contribution in [0.25, 0.3) is 0 Å². The molecule has 0 aromatic heterocycles. The van der Waals surface area contributed by atoms with E-state index in [1.807, 2.05) is 30.3 Å². The molecule has 4 rings (SSSR count). The fourth-order valence-electron chi connectivity index (χ4n) is 4.33. The van der Waals surface area contributed by atoms with Crippen LogP contribution < -0.4 is 15.1 Å². The number of rotatable bonds is 5. The van der Waals surface area contributed by atoms with Crippen LogP contribution in [0.5, 0.6) is 0 Å². The lowest BCUT2D eigenvalue weighted by Crippen LogP contribution is -2.46. The second-order valence-corrected chi connectivity index (χ2v) is 8.40. The van der Waals surface area contributed by atoms with Crippen LogP contribution in [0.1, 0.15) is 36.0 Å². The quantitative estimate of drug-likeness (QED) is 0.735. The summed E-state index contributed by atoms with van der Waals surface area (Å²) in [5.74, 6) is -1.11. The first-order chi connectivity index (χ1) is 14.5. The Hall–Kier alpha value is -2.73. The van der Waals surface area contributed by atoms with Gasteiger partial charge in [0.2, 0.25) is 5.91 Å². The summed E-state index contributed by atoms with van der Waals surface area (Å²) in [6.07, 6.45) is 3.88. The molecule has 0 bridgehead atoms. The van der Waals surface area contributed by atoms with Gasteiger partial charge in [-0.1, -0.05) is 30.5 Å². The molecule has 2 aromatic carbocycles. The number of carbonyl (C=O) groups is 2. The number of hydrogen-bond donors (Lipinski definition) is 2. The largest absolute Gasteiger partial charge is 0.478 e. The third-order valence-electron chi connectivity index (χ3n) is 6.04. The first kappa shape index (κ1) is 20.5. The van der Waals surface area contributed by atoms with Gasteiger partial charge in [0.15, 0.2) is 0 Å². The molecule has 1 heterocycles. The lowest BCUT2D eigenvalue weighted by molar-refractivity contribution is -0.119. The highest BCUT2D eigenvalue weighted by molar-refractivity contribution is 6.30. The Bertz CT molecular complexity index is 935. The summed E-state index contributed by atoms with van der Waals surface area (Å²) >= 11 is 6.11. The van der Waals surface area contributed by atoms with Crippen molar-refractivity contribution < 1.29 is 14.7 Å². The van der Waals surface area contributed by atoms with Crippen molar-refractivity contribution in [1.82, 2.24) is 0 Å². The van der Waals surface area contributed by atoms with Gasteiger partial charge >= 0.3 is 5.97 Å². The molecule has 1 aliphatic carbocycles.